The number of nitrogens with two attached hydrogens (primary N) is 1. The maximum Gasteiger partial charge on any atom is 0.338 e. The third kappa shape index (κ3) is 3.17. The van der Waals surface area contributed by atoms with Gasteiger partial charge in [0.25, 0.3) is 0 Å². The van der Waals surface area contributed by atoms with E-state index in [4.69, 9.17) is 14.6 Å². The molecule has 1 aromatic rings. The molecule has 1 aromatic carbocycles. The normalized spacial score (nSPS) is 19.1. The van der Waals surface area contributed by atoms with Crippen LogP contribution >= 0.6 is 0 Å². The van der Waals surface area contributed by atoms with E-state index >= 15 is 0 Å². The van der Waals surface area contributed by atoms with E-state index in [0.29, 0.717) is 30.8 Å². The van der Waals surface area contributed by atoms with Gasteiger partial charge in [0.1, 0.15) is 6.10 Å². The quantitative estimate of drug-likeness (QED) is 0.836. The zero-order valence-electron chi connectivity index (χ0n) is 11.4. The molecule has 0 bridgehead atoms. The number of primary sulfonamides is 1. The summed E-state index contributed by atoms with van der Waals surface area (Å²) in [6, 6.07) is 2.89. The Balaban J connectivity index is 2.33. The molecule has 0 radical (unpaired) electrons. The summed E-state index contributed by atoms with van der Waals surface area (Å²) in [5.74, 6) is -0.553. The Labute approximate surface area is 117 Å². The van der Waals surface area contributed by atoms with E-state index < -0.39 is 16.0 Å². The van der Waals surface area contributed by atoms with E-state index in [-0.39, 0.29) is 16.6 Å². The molecule has 1 fully saturated rings. The van der Waals surface area contributed by atoms with Crippen LogP contribution in [0.1, 0.15) is 27.9 Å². The summed E-state index contributed by atoms with van der Waals surface area (Å²) in [4.78, 5) is 12.0. The van der Waals surface area contributed by atoms with Crippen molar-refractivity contribution in [2.24, 2.45) is 5.14 Å². The lowest BCUT2D eigenvalue weighted by Crippen LogP contribution is -2.20. The van der Waals surface area contributed by atoms with Crippen molar-refractivity contribution in [2.75, 3.05) is 13.2 Å². The molecular weight excluding hydrogens is 282 g/mol. The molecule has 0 aliphatic carbocycles. The van der Waals surface area contributed by atoms with Gasteiger partial charge in [-0.1, -0.05) is 6.07 Å². The number of aryl methyl sites for hydroxylation is 2. The molecule has 1 aliphatic heterocycles. The van der Waals surface area contributed by atoms with Crippen molar-refractivity contribution in [2.45, 2.75) is 31.3 Å². The summed E-state index contributed by atoms with van der Waals surface area (Å²) in [7, 11) is -3.87. The molecule has 1 aliphatic rings. The van der Waals surface area contributed by atoms with Gasteiger partial charge in [0.05, 0.1) is 23.7 Å². The van der Waals surface area contributed by atoms with Crippen LogP contribution in [0.25, 0.3) is 0 Å². The van der Waals surface area contributed by atoms with Gasteiger partial charge in [-0.3, -0.25) is 0 Å². The number of ether oxygens (including phenoxy) is 2. The first-order chi connectivity index (χ1) is 9.29. The maximum atomic E-state index is 12.1. The second kappa shape index (κ2) is 5.51. The van der Waals surface area contributed by atoms with Crippen LogP contribution in [-0.2, 0) is 19.5 Å². The van der Waals surface area contributed by atoms with Crippen LogP contribution in [0.3, 0.4) is 0 Å². The van der Waals surface area contributed by atoms with E-state index in [1.54, 1.807) is 19.9 Å². The highest BCUT2D eigenvalue weighted by Gasteiger charge is 2.23. The molecule has 0 amide bonds. The van der Waals surface area contributed by atoms with E-state index in [1.165, 1.54) is 6.07 Å². The largest absolute Gasteiger partial charge is 0.456 e. The van der Waals surface area contributed by atoms with E-state index in [1.807, 2.05) is 0 Å². The predicted molar refractivity (Wildman–Crippen MR) is 71.9 cm³/mol. The number of rotatable bonds is 3. The molecule has 1 unspecified atom stereocenters. The summed E-state index contributed by atoms with van der Waals surface area (Å²) in [6.45, 7) is 4.29. The highest BCUT2D eigenvalue weighted by molar-refractivity contribution is 7.89. The molecule has 0 spiro atoms. The Morgan fingerprint density at radius 3 is 2.60 bits per heavy atom. The van der Waals surface area contributed by atoms with Crippen LogP contribution in [-0.4, -0.2) is 33.7 Å². The van der Waals surface area contributed by atoms with Crippen LogP contribution in [0.4, 0.5) is 0 Å². The van der Waals surface area contributed by atoms with Gasteiger partial charge in [0.2, 0.25) is 10.0 Å². The molecule has 0 saturated carbocycles. The van der Waals surface area contributed by atoms with Crippen LogP contribution in [0.15, 0.2) is 17.0 Å². The minimum atomic E-state index is -3.87. The van der Waals surface area contributed by atoms with Crippen molar-refractivity contribution in [3.63, 3.8) is 0 Å². The van der Waals surface area contributed by atoms with Gasteiger partial charge in [-0.25, -0.2) is 18.4 Å². The molecule has 1 saturated heterocycles. The number of esters is 1. The highest BCUT2D eigenvalue weighted by atomic mass is 32.2. The first-order valence-corrected chi connectivity index (χ1v) is 7.76. The van der Waals surface area contributed by atoms with Crippen LogP contribution in [0, 0.1) is 13.8 Å². The Hall–Kier alpha value is -1.44. The minimum absolute atomic E-state index is 0.0577. The van der Waals surface area contributed by atoms with Crippen LogP contribution in [0.5, 0.6) is 0 Å². The predicted octanol–water partition coefficient (Wildman–Crippen LogP) is 0.897. The third-order valence-electron chi connectivity index (χ3n) is 3.21. The fourth-order valence-electron chi connectivity index (χ4n) is 2.18. The maximum absolute atomic E-state index is 12.1. The lowest BCUT2D eigenvalue weighted by atomic mass is 10.1. The summed E-state index contributed by atoms with van der Waals surface area (Å²) >= 11 is 0. The van der Waals surface area contributed by atoms with Crippen molar-refractivity contribution in [1.29, 1.82) is 0 Å². The summed E-state index contributed by atoms with van der Waals surface area (Å²) in [5, 5.41) is 5.14. The monoisotopic (exact) mass is 299 g/mol. The van der Waals surface area contributed by atoms with Gasteiger partial charge in [0.15, 0.2) is 0 Å². The van der Waals surface area contributed by atoms with E-state index in [9.17, 15) is 13.2 Å². The fraction of sp³-hybridized carbons (Fsp3) is 0.462. The molecule has 1 atom stereocenters. The molecule has 2 N–H and O–H groups in total. The molecule has 110 valence electrons. The lowest BCUT2D eigenvalue weighted by molar-refractivity contribution is 0.0269. The molecule has 1 heterocycles. The molecule has 6 nitrogen and oxygen atoms in total. The van der Waals surface area contributed by atoms with Crippen molar-refractivity contribution in [3.8, 4) is 0 Å². The summed E-state index contributed by atoms with van der Waals surface area (Å²) in [5.41, 5.74) is 1.37. The number of benzene rings is 1. The van der Waals surface area contributed by atoms with Gasteiger partial charge < -0.3 is 9.47 Å². The smallest absolute Gasteiger partial charge is 0.338 e. The van der Waals surface area contributed by atoms with E-state index in [0.717, 1.165) is 0 Å². The van der Waals surface area contributed by atoms with E-state index in [2.05, 4.69) is 0 Å². The Kier molecular flexibility index (Phi) is 4.12. The fourth-order valence-corrected chi connectivity index (χ4v) is 2.97. The molecular formula is C13H17NO5S. The molecule has 7 heteroatoms. The van der Waals surface area contributed by atoms with Crippen molar-refractivity contribution in [1.82, 2.24) is 0 Å². The number of hydrogen-bond donors (Lipinski definition) is 1. The number of hydrogen-bond acceptors (Lipinski definition) is 5. The van der Waals surface area contributed by atoms with Crippen LogP contribution in [0.2, 0.25) is 0 Å². The molecule has 20 heavy (non-hydrogen) atoms. The Morgan fingerprint density at radius 2 is 2.05 bits per heavy atom. The zero-order chi connectivity index (χ0) is 14.9. The SMILES string of the molecule is Cc1cc(C)c(S(N)(=O)=O)cc1C(=O)OC1CCOC1. The van der Waals surface area contributed by atoms with Crippen molar-refractivity contribution in [3.05, 3.63) is 28.8 Å². The molecule has 2 rings (SSSR count). The third-order valence-corrected chi connectivity index (χ3v) is 4.26. The number of carbonyl (C=O) groups excluding carboxylic acids is 1. The second-order valence-corrected chi connectivity index (χ2v) is 6.40. The summed E-state index contributed by atoms with van der Waals surface area (Å²) < 4.78 is 33.4. The second-order valence-electron chi connectivity index (χ2n) is 4.87. The average molecular weight is 299 g/mol. The highest BCUT2D eigenvalue weighted by Crippen LogP contribution is 2.21. The van der Waals surface area contributed by atoms with Gasteiger partial charge >= 0.3 is 5.97 Å². The van der Waals surface area contributed by atoms with Crippen molar-refractivity contribution >= 4 is 16.0 Å². The van der Waals surface area contributed by atoms with Crippen LogP contribution < -0.4 is 5.14 Å². The first kappa shape index (κ1) is 15.0. The standard InChI is InChI=1S/C13H17NO5S/c1-8-5-9(2)12(20(14,16)17)6-11(8)13(15)19-10-3-4-18-7-10/h5-6,10H,3-4,7H2,1-2H3,(H2,14,16,17). The van der Waals surface area contributed by atoms with Gasteiger partial charge in [-0.05, 0) is 31.0 Å². The van der Waals surface area contributed by atoms with Crippen molar-refractivity contribution < 1.29 is 22.7 Å². The Bertz CT molecular complexity index is 632. The van der Waals surface area contributed by atoms with Gasteiger partial charge in [-0.15, -0.1) is 0 Å². The number of sulfonamides is 1. The first-order valence-electron chi connectivity index (χ1n) is 6.22. The average Bonchev–Trinajstić information content (AvgIpc) is 2.79. The lowest BCUT2D eigenvalue weighted by Gasteiger charge is -2.13. The van der Waals surface area contributed by atoms with Gasteiger partial charge in [-0.2, -0.15) is 0 Å². The van der Waals surface area contributed by atoms with Gasteiger partial charge in [0, 0.05) is 6.42 Å². The topological polar surface area (TPSA) is 95.7 Å². The summed E-state index contributed by atoms with van der Waals surface area (Å²) in [6.07, 6.45) is 0.375. The minimum Gasteiger partial charge on any atom is -0.456 e. The zero-order valence-corrected chi connectivity index (χ0v) is 12.2. The Morgan fingerprint density at radius 1 is 1.35 bits per heavy atom. The number of carbonyl (C=O) groups is 1. The molecule has 0 aromatic heterocycles.